The third-order valence-corrected chi connectivity index (χ3v) is 3.13. The Morgan fingerprint density at radius 2 is 1.71 bits per heavy atom. The number of aromatic nitrogens is 3. The Morgan fingerprint density at radius 1 is 1.00 bits per heavy atom. The first-order valence-corrected chi connectivity index (χ1v) is 5.74. The normalized spacial score (nSPS) is 11.2. The Labute approximate surface area is 100 Å². The van der Waals surface area contributed by atoms with E-state index in [1.165, 1.54) is 22.5 Å². The molecule has 0 unspecified atom stereocenters. The van der Waals surface area contributed by atoms with Gasteiger partial charge in [0.05, 0.1) is 5.52 Å². The molecule has 3 aromatic rings. The van der Waals surface area contributed by atoms with Crippen molar-refractivity contribution < 1.29 is 0 Å². The first-order chi connectivity index (χ1) is 8.15. The fourth-order valence-electron chi connectivity index (χ4n) is 2.34. The van der Waals surface area contributed by atoms with Gasteiger partial charge in [-0.25, -0.2) is 0 Å². The predicted molar refractivity (Wildman–Crippen MR) is 69.5 cm³/mol. The van der Waals surface area contributed by atoms with Crippen LogP contribution in [0.1, 0.15) is 11.4 Å². The first-order valence-electron chi connectivity index (χ1n) is 5.74. The van der Waals surface area contributed by atoms with Crippen molar-refractivity contribution in [2.24, 2.45) is 7.05 Å². The van der Waals surface area contributed by atoms with Crippen LogP contribution in [-0.2, 0) is 7.05 Å². The molecule has 0 saturated carbocycles. The van der Waals surface area contributed by atoms with E-state index in [1.807, 2.05) is 17.9 Å². The minimum absolute atomic E-state index is 1.04. The van der Waals surface area contributed by atoms with Gasteiger partial charge in [-0.15, -0.1) is 0 Å². The number of hydrogen-bond acceptors (Lipinski definition) is 1. The molecule has 0 aliphatic heterocycles. The highest BCUT2D eigenvalue weighted by Crippen LogP contribution is 2.20. The lowest BCUT2D eigenvalue weighted by Gasteiger charge is -2.08. The SMILES string of the molecule is Cc1ccc(C)n1-c1ccc2cn(C)nc2c1. The van der Waals surface area contributed by atoms with Crippen LogP contribution < -0.4 is 0 Å². The molecule has 17 heavy (non-hydrogen) atoms. The highest BCUT2D eigenvalue weighted by molar-refractivity contribution is 5.80. The number of fused-ring (bicyclic) bond motifs is 1. The monoisotopic (exact) mass is 225 g/mol. The molecule has 0 spiro atoms. The molecule has 3 nitrogen and oxygen atoms in total. The summed E-state index contributed by atoms with van der Waals surface area (Å²) >= 11 is 0. The minimum Gasteiger partial charge on any atom is -0.318 e. The van der Waals surface area contributed by atoms with E-state index < -0.39 is 0 Å². The lowest BCUT2D eigenvalue weighted by molar-refractivity contribution is 0.779. The molecule has 0 aliphatic carbocycles. The molecule has 0 N–H and O–H groups in total. The first kappa shape index (κ1) is 10.1. The fourth-order valence-corrected chi connectivity index (χ4v) is 2.34. The van der Waals surface area contributed by atoms with Gasteiger partial charge in [0.25, 0.3) is 0 Å². The van der Waals surface area contributed by atoms with Crippen molar-refractivity contribution in [3.8, 4) is 5.69 Å². The smallest absolute Gasteiger partial charge is 0.0944 e. The lowest BCUT2D eigenvalue weighted by Crippen LogP contribution is -1.98. The van der Waals surface area contributed by atoms with Gasteiger partial charge in [-0.1, -0.05) is 0 Å². The summed E-state index contributed by atoms with van der Waals surface area (Å²) in [4.78, 5) is 0. The summed E-state index contributed by atoms with van der Waals surface area (Å²) in [5.41, 5.74) is 4.71. The summed E-state index contributed by atoms with van der Waals surface area (Å²) in [5, 5.41) is 5.63. The van der Waals surface area contributed by atoms with E-state index in [4.69, 9.17) is 0 Å². The molecular weight excluding hydrogens is 210 g/mol. The van der Waals surface area contributed by atoms with Crippen LogP contribution in [0.2, 0.25) is 0 Å². The molecule has 0 amide bonds. The number of benzene rings is 1. The van der Waals surface area contributed by atoms with E-state index in [-0.39, 0.29) is 0 Å². The van der Waals surface area contributed by atoms with Crippen LogP contribution in [-0.4, -0.2) is 14.3 Å². The summed E-state index contributed by atoms with van der Waals surface area (Å²) in [7, 11) is 1.95. The summed E-state index contributed by atoms with van der Waals surface area (Å²) in [6, 6.07) is 10.7. The van der Waals surface area contributed by atoms with E-state index in [0.29, 0.717) is 0 Å². The third kappa shape index (κ3) is 1.55. The molecular formula is C14H15N3. The average Bonchev–Trinajstić information content (AvgIpc) is 2.80. The van der Waals surface area contributed by atoms with Gasteiger partial charge >= 0.3 is 0 Å². The Hall–Kier alpha value is -2.03. The molecule has 0 aliphatic rings. The zero-order valence-electron chi connectivity index (χ0n) is 10.3. The molecule has 3 rings (SSSR count). The largest absolute Gasteiger partial charge is 0.318 e. The number of aryl methyl sites for hydroxylation is 3. The summed E-state index contributed by atoms with van der Waals surface area (Å²) in [5.74, 6) is 0. The van der Waals surface area contributed by atoms with E-state index >= 15 is 0 Å². The second kappa shape index (κ2) is 3.48. The van der Waals surface area contributed by atoms with Crippen molar-refractivity contribution in [3.05, 3.63) is 47.9 Å². The summed E-state index contributed by atoms with van der Waals surface area (Å²) < 4.78 is 4.10. The van der Waals surface area contributed by atoms with Crippen LogP contribution in [0.3, 0.4) is 0 Å². The average molecular weight is 225 g/mol. The van der Waals surface area contributed by atoms with Crippen LogP contribution in [0.5, 0.6) is 0 Å². The Morgan fingerprint density at radius 3 is 2.41 bits per heavy atom. The number of nitrogens with zero attached hydrogens (tertiary/aromatic N) is 3. The maximum absolute atomic E-state index is 4.45. The molecule has 0 radical (unpaired) electrons. The number of hydrogen-bond donors (Lipinski definition) is 0. The fraction of sp³-hybridized carbons (Fsp3) is 0.214. The molecule has 0 atom stereocenters. The van der Waals surface area contributed by atoms with Gasteiger partial charge in [0.15, 0.2) is 0 Å². The van der Waals surface area contributed by atoms with Crippen molar-refractivity contribution in [1.82, 2.24) is 14.3 Å². The van der Waals surface area contributed by atoms with Crippen molar-refractivity contribution in [3.63, 3.8) is 0 Å². The molecule has 1 aromatic carbocycles. The van der Waals surface area contributed by atoms with Crippen LogP contribution in [0.4, 0.5) is 0 Å². The standard InChI is InChI=1S/C14H15N3/c1-10-4-5-11(2)17(10)13-7-6-12-9-16(3)15-14(12)8-13/h4-9H,1-3H3. The van der Waals surface area contributed by atoms with E-state index in [1.54, 1.807) is 0 Å². The van der Waals surface area contributed by atoms with Gasteiger partial charge in [0, 0.05) is 35.7 Å². The summed E-state index contributed by atoms with van der Waals surface area (Å²) in [6.45, 7) is 4.24. The van der Waals surface area contributed by atoms with Gasteiger partial charge in [0.2, 0.25) is 0 Å². The van der Waals surface area contributed by atoms with Crippen LogP contribution in [0.25, 0.3) is 16.6 Å². The second-order valence-corrected chi connectivity index (χ2v) is 4.50. The molecule has 3 heteroatoms. The topological polar surface area (TPSA) is 22.8 Å². The molecule has 2 aromatic heterocycles. The van der Waals surface area contributed by atoms with Gasteiger partial charge < -0.3 is 4.57 Å². The quantitative estimate of drug-likeness (QED) is 0.624. The molecule has 0 bridgehead atoms. The Kier molecular flexibility index (Phi) is 2.08. The Bertz CT molecular complexity index is 669. The van der Waals surface area contributed by atoms with Crippen molar-refractivity contribution in [1.29, 1.82) is 0 Å². The van der Waals surface area contributed by atoms with Gasteiger partial charge in [0.1, 0.15) is 0 Å². The van der Waals surface area contributed by atoms with Crippen LogP contribution in [0.15, 0.2) is 36.5 Å². The third-order valence-electron chi connectivity index (χ3n) is 3.13. The highest BCUT2D eigenvalue weighted by atomic mass is 15.2. The molecule has 86 valence electrons. The maximum atomic E-state index is 4.45. The second-order valence-electron chi connectivity index (χ2n) is 4.50. The van der Waals surface area contributed by atoms with Crippen LogP contribution in [0, 0.1) is 13.8 Å². The van der Waals surface area contributed by atoms with Gasteiger partial charge in [-0.3, -0.25) is 4.68 Å². The molecule has 0 saturated heterocycles. The lowest BCUT2D eigenvalue weighted by atomic mass is 10.2. The van der Waals surface area contributed by atoms with E-state index in [0.717, 1.165) is 5.52 Å². The minimum atomic E-state index is 1.04. The zero-order chi connectivity index (χ0) is 12.0. The van der Waals surface area contributed by atoms with E-state index in [2.05, 4.69) is 53.8 Å². The van der Waals surface area contributed by atoms with Crippen LogP contribution >= 0.6 is 0 Å². The predicted octanol–water partition coefficient (Wildman–Crippen LogP) is 2.98. The summed E-state index contributed by atoms with van der Waals surface area (Å²) in [6.07, 6.45) is 2.04. The van der Waals surface area contributed by atoms with Crippen molar-refractivity contribution >= 4 is 10.9 Å². The maximum Gasteiger partial charge on any atom is 0.0944 e. The molecule has 0 fully saturated rings. The van der Waals surface area contributed by atoms with Crippen molar-refractivity contribution in [2.45, 2.75) is 13.8 Å². The zero-order valence-corrected chi connectivity index (χ0v) is 10.3. The van der Waals surface area contributed by atoms with Gasteiger partial charge in [-0.05, 0) is 44.2 Å². The Balaban J connectivity index is 2.24. The van der Waals surface area contributed by atoms with E-state index in [9.17, 15) is 0 Å². The highest BCUT2D eigenvalue weighted by Gasteiger charge is 2.06. The van der Waals surface area contributed by atoms with Gasteiger partial charge in [-0.2, -0.15) is 5.10 Å². The van der Waals surface area contributed by atoms with Crippen molar-refractivity contribution in [2.75, 3.05) is 0 Å². The number of rotatable bonds is 1. The molecule has 2 heterocycles.